The second kappa shape index (κ2) is 9.77. The van der Waals surface area contributed by atoms with Crippen LogP contribution in [0.15, 0.2) is 39.7 Å². The Morgan fingerprint density at radius 3 is 2.76 bits per heavy atom. The molecule has 1 aliphatic heterocycles. The summed E-state index contributed by atoms with van der Waals surface area (Å²) in [6.07, 6.45) is 1.55. The summed E-state index contributed by atoms with van der Waals surface area (Å²) >= 11 is 18.4. The molecule has 6 nitrogen and oxygen atoms in total. The van der Waals surface area contributed by atoms with Crippen LogP contribution in [0.1, 0.15) is 12.2 Å². The first-order valence-electron chi connectivity index (χ1n) is 8.45. The number of aliphatic carboxylic acids is 1. The predicted molar refractivity (Wildman–Crippen MR) is 117 cm³/mol. The highest BCUT2D eigenvalue weighted by atomic mass is 35.5. The number of ether oxygens (including phenoxy) is 1. The van der Waals surface area contributed by atoms with E-state index < -0.39 is 5.97 Å². The number of hydrogen-bond donors (Lipinski definition) is 1. The van der Waals surface area contributed by atoms with Gasteiger partial charge >= 0.3 is 5.97 Å². The zero-order chi connectivity index (χ0) is 21.0. The first-order valence-corrected chi connectivity index (χ1v) is 10.4. The highest BCUT2D eigenvalue weighted by molar-refractivity contribution is 8.26. The number of halogens is 2. The molecular weight excluding hydrogens is 457 g/mol. The van der Waals surface area contributed by atoms with Crippen molar-refractivity contribution in [3.63, 3.8) is 0 Å². The Morgan fingerprint density at radius 1 is 1.24 bits per heavy atom. The molecule has 1 N–H and O–H groups in total. The molecule has 152 valence electrons. The smallest absolute Gasteiger partial charge is 0.305 e. The number of carbonyl (C=O) groups is 2. The molecule has 2 aromatic rings. The van der Waals surface area contributed by atoms with Crippen LogP contribution < -0.4 is 0 Å². The van der Waals surface area contributed by atoms with Crippen molar-refractivity contribution < 1.29 is 23.8 Å². The fourth-order valence-electron chi connectivity index (χ4n) is 2.47. The summed E-state index contributed by atoms with van der Waals surface area (Å²) < 4.78 is 11.4. The van der Waals surface area contributed by atoms with Crippen LogP contribution in [0, 0.1) is 0 Å². The van der Waals surface area contributed by atoms with E-state index in [1.807, 2.05) is 0 Å². The molecule has 1 fully saturated rings. The Hall–Kier alpha value is -1.84. The minimum absolute atomic E-state index is 0.0854. The lowest BCUT2D eigenvalue weighted by Gasteiger charge is -2.14. The summed E-state index contributed by atoms with van der Waals surface area (Å²) in [5, 5.41) is 9.47. The van der Waals surface area contributed by atoms with E-state index >= 15 is 0 Å². The topological polar surface area (TPSA) is 80.0 Å². The van der Waals surface area contributed by atoms with Gasteiger partial charge in [0.05, 0.1) is 41.1 Å². The van der Waals surface area contributed by atoms with Gasteiger partial charge in [0.2, 0.25) is 0 Å². The Bertz CT molecular complexity index is 989. The molecule has 0 atom stereocenters. The molecule has 1 aromatic heterocycles. The van der Waals surface area contributed by atoms with Gasteiger partial charge in [-0.2, -0.15) is 0 Å². The van der Waals surface area contributed by atoms with Crippen molar-refractivity contribution >= 4 is 69.5 Å². The highest BCUT2D eigenvalue weighted by Crippen LogP contribution is 2.34. The number of amides is 1. The van der Waals surface area contributed by atoms with Crippen LogP contribution in [0.3, 0.4) is 0 Å². The third-order valence-electron chi connectivity index (χ3n) is 3.90. The van der Waals surface area contributed by atoms with Gasteiger partial charge in [0.15, 0.2) is 0 Å². The lowest BCUT2D eigenvalue weighted by Crippen LogP contribution is -2.31. The second-order valence-corrected chi connectivity index (χ2v) is 8.41. The van der Waals surface area contributed by atoms with Crippen LogP contribution in [0.25, 0.3) is 17.4 Å². The maximum atomic E-state index is 12.6. The number of rotatable bonds is 8. The number of nitrogens with zero attached hydrogens (tertiary/aromatic N) is 1. The number of carboxylic acids is 1. The van der Waals surface area contributed by atoms with Gasteiger partial charge in [0.1, 0.15) is 15.8 Å². The number of thioether (sulfide) groups is 1. The molecule has 0 radical (unpaired) electrons. The zero-order valence-corrected chi connectivity index (χ0v) is 18.0. The van der Waals surface area contributed by atoms with Gasteiger partial charge in [0, 0.05) is 11.6 Å². The van der Waals surface area contributed by atoms with E-state index in [0.717, 1.165) is 5.56 Å². The molecule has 1 amide bonds. The van der Waals surface area contributed by atoms with E-state index in [1.54, 1.807) is 36.4 Å². The quantitative estimate of drug-likeness (QED) is 0.331. The molecule has 1 aliphatic rings. The van der Waals surface area contributed by atoms with Crippen molar-refractivity contribution in [3.05, 3.63) is 51.0 Å². The maximum absolute atomic E-state index is 12.6. The van der Waals surface area contributed by atoms with Gasteiger partial charge in [-0.15, -0.1) is 0 Å². The minimum atomic E-state index is -0.933. The van der Waals surface area contributed by atoms with Crippen LogP contribution in [0.2, 0.25) is 10.0 Å². The fraction of sp³-hybridized carbons (Fsp3) is 0.211. The molecule has 1 saturated heterocycles. The van der Waals surface area contributed by atoms with Crippen LogP contribution in [0.5, 0.6) is 0 Å². The maximum Gasteiger partial charge on any atom is 0.305 e. The molecular formula is C19H15Cl2NO5S2. The monoisotopic (exact) mass is 471 g/mol. The summed E-state index contributed by atoms with van der Waals surface area (Å²) in [5.74, 6) is -0.0760. The first-order chi connectivity index (χ1) is 13.8. The summed E-state index contributed by atoms with van der Waals surface area (Å²) in [6.45, 7) is 0.549. The number of hydrogen-bond acceptors (Lipinski definition) is 6. The zero-order valence-electron chi connectivity index (χ0n) is 14.9. The molecule has 1 aromatic carbocycles. The van der Waals surface area contributed by atoms with Crippen molar-refractivity contribution in [2.75, 3.05) is 19.8 Å². The minimum Gasteiger partial charge on any atom is -0.481 e. The van der Waals surface area contributed by atoms with Crippen LogP contribution in [-0.2, 0) is 14.3 Å². The normalized spacial score (nSPS) is 15.5. The van der Waals surface area contributed by atoms with E-state index in [-0.39, 0.29) is 32.1 Å². The summed E-state index contributed by atoms with van der Waals surface area (Å²) in [7, 11) is 0. The first kappa shape index (κ1) is 21.9. The third kappa shape index (κ3) is 5.61. The molecule has 0 unspecified atom stereocenters. The number of thiocarbonyl (C=S) groups is 1. The highest BCUT2D eigenvalue weighted by Gasteiger charge is 2.32. The molecule has 29 heavy (non-hydrogen) atoms. The van der Waals surface area contributed by atoms with E-state index in [0.29, 0.717) is 30.8 Å². The predicted octanol–water partition coefficient (Wildman–Crippen LogP) is 4.95. The van der Waals surface area contributed by atoms with Gasteiger partial charge in [0.25, 0.3) is 5.91 Å². The van der Waals surface area contributed by atoms with Crippen molar-refractivity contribution in [1.82, 2.24) is 4.90 Å². The SMILES string of the molecule is O=C(O)CCOCCN1C(=O)C(=Cc2ccc(-c3ccc(Cl)c(Cl)c3)o2)SC1=S. The van der Waals surface area contributed by atoms with E-state index in [9.17, 15) is 9.59 Å². The number of carboxylic acid groups (broad SMARTS) is 1. The summed E-state index contributed by atoms with van der Waals surface area (Å²) in [4.78, 5) is 24.9. The van der Waals surface area contributed by atoms with Crippen LogP contribution >= 0.6 is 47.2 Å². The number of carbonyl (C=O) groups excluding carboxylic acids is 1. The molecule has 0 spiro atoms. The Kier molecular flexibility index (Phi) is 7.37. The average Bonchev–Trinajstić information content (AvgIpc) is 3.23. The second-order valence-electron chi connectivity index (χ2n) is 5.92. The molecule has 0 saturated carbocycles. The van der Waals surface area contributed by atoms with Crippen molar-refractivity contribution in [2.45, 2.75) is 6.42 Å². The van der Waals surface area contributed by atoms with Gasteiger partial charge in [-0.3, -0.25) is 14.5 Å². The summed E-state index contributed by atoms with van der Waals surface area (Å²) in [6, 6.07) is 8.71. The Balaban J connectivity index is 1.64. The van der Waals surface area contributed by atoms with Gasteiger partial charge in [-0.05, 0) is 30.3 Å². The van der Waals surface area contributed by atoms with Gasteiger partial charge in [-0.25, -0.2) is 0 Å². The number of furan rings is 1. The Labute approximate surface area is 186 Å². The average molecular weight is 472 g/mol. The molecule has 0 aliphatic carbocycles. The molecule has 0 bridgehead atoms. The fourth-order valence-corrected chi connectivity index (χ4v) is 4.06. The van der Waals surface area contributed by atoms with Crippen LogP contribution in [-0.4, -0.2) is 46.0 Å². The third-order valence-corrected chi connectivity index (χ3v) is 6.01. The molecule has 2 heterocycles. The lowest BCUT2D eigenvalue weighted by molar-refractivity contribution is -0.138. The van der Waals surface area contributed by atoms with Gasteiger partial charge < -0.3 is 14.3 Å². The lowest BCUT2D eigenvalue weighted by atomic mass is 10.2. The van der Waals surface area contributed by atoms with Gasteiger partial charge in [-0.1, -0.05) is 47.2 Å². The Morgan fingerprint density at radius 2 is 2.03 bits per heavy atom. The standard InChI is InChI=1S/C19H15Cl2NO5S2/c20-13-3-1-11(9-14(13)21)15-4-2-12(27-15)10-16-18(25)22(19(28)29-16)6-8-26-7-5-17(23)24/h1-4,9-10H,5-8H2,(H,23,24). The summed E-state index contributed by atoms with van der Waals surface area (Å²) in [5.41, 5.74) is 0.769. The largest absolute Gasteiger partial charge is 0.481 e. The molecule has 10 heteroatoms. The van der Waals surface area contributed by atoms with Crippen molar-refractivity contribution in [2.24, 2.45) is 0 Å². The number of benzene rings is 1. The van der Waals surface area contributed by atoms with Crippen LogP contribution in [0.4, 0.5) is 0 Å². The van der Waals surface area contributed by atoms with Crippen molar-refractivity contribution in [1.29, 1.82) is 0 Å². The van der Waals surface area contributed by atoms with E-state index in [1.165, 1.54) is 16.7 Å². The van der Waals surface area contributed by atoms with Crippen molar-refractivity contribution in [3.8, 4) is 11.3 Å². The van der Waals surface area contributed by atoms with E-state index in [4.69, 9.17) is 49.7 Å². The van der Waals surface area contributed by atoms with E-state index in [2.05, 4.69) is 0 Å². The molecule has 3 rings (SSSR count).